The molecule has 1 aliphatic carbocycles. The number of amides is 2. The summed E-state index contributed by atoms with van der Waals surface area (Å²) in [4.78, 5) is 11.2. The number of urea groups is 1. The van der Waals surface area contributed by atoms with Gasteiger partial charge < -0.3 is 15.7 Å². The van der Waals surface area contributed by atoms with E-state index in [-0.39, 0.29) is 18.2 Å². The van der Waals surface area contributed by atoms with E-state index in [4.69, 9.17) is 0 Å². The molecule has 9 heteroatoms. The summed E-state index contributed by atoms with van der Waals surface area (Å²) < 4.78 is 49.0. The number of carbonyl (C=O) groups excluding carboxylic acids is 1. The number of rotatable bonds is 5. The molecule has 22 heavy (non-hydrogen) atoms. The lowest BCUT2D eigenvalue weighted by Crippen LogP contribution is -2.36. The summed E-state index contributed by atoms with van der Waals surface area (Å²) in [5.41, 5.74) is -5.09. The first kappa shape index (κ1) is 16.8. The highest BCUT2D eigenvalue weighted by molar-refractivity contribution is 7.86. The van der Waals surface area contributed by atoms with Crippen LogP contribution < -0.4 is 10.6 Å². The van der Waals surface area contributed by atoms with Crippen molar-refractivity contribution in [2.75, 3.05) is 11.9 Å². The van der Waals surface area contributed by atoms with Gasteiger partial charge in [-0.2, -0.15) is 13.2 Å². The lowest BCUT2D eigenvalue weighted by molar-refractivity contribution is -0.0384. The molecule has 0 aromatic heterocycles. The molecule has 2 rings (SSSR count). The molecule has 1 saturated carbocycles. The van der Waals surface area contributed by atoms with Crippen molar-refractivity contribution in [1.82, 2.24) is 5.32 Å². The van der Waals surface area contributed by atoms with Crippen molar-refractivity contribution in [2.24, 2.45) is 5.92 Å². The number of anilines is 1. The summed E-state index contributed by atoms with van der Waals surface area (Å²) in [7, 11) is -3.23. The zero-order chi connectivity index (χ0) is 16.3. The van der Waals surface area contributed by atoms with Gasteiger partial charge >= 0.3 is 11.5 Å². The number of nitrogens with one attached hydrogen (secondary N) is 2. The molecule has 2 unspecified atom stereocenters. The van der Waals surface area contributed by atoms with Gasteiger partial charge in [0.05, 0.1) is 16.7 Å². The largest absolute Gasteiger partial charge is 0.475 e. The summed E-state index contributed by atoms with van der Waals surface area (Å²) in [5, 5.41) is 14.2. The Morgan fingerprint density at radius 1 is 1.36 bits per heavy atom. The van der Waals surface area contributed by atoms with Gasteiger partial charge in [-0.1, -0.05) is 12.1 Å². The van der Waals surface area contributed by atoms with Gasteiger partial charge in [0.25, 0.3) is 0 Å². The Bertz CT molecular complexity index is 576. The Balaban J connectivity index is 1.99. The van der Waals surface area contributed by atoms with Crippen LogP contribution in [0.4, 0.5) is 23.7 Å². The lowest BCUT2D eigenvalue weighted by Gasteiger charge is -2.14. The van der Waals surface area contributed by atoms with Crippen LogP contribution in [0, 0.1) is 5.92 Å². The van der Waals surface area contributed by atoms with Crippen molar-refractivity contribution >= 4 is 22.5 Å². The van der Waals surface area contributed by atoms with Gasteiger partial charge in [0.2, 0.25) is 0 Å². The van der Waals surface area contributed by atoms with Crippen LogP contribution in [0.2, 0.25) is 0 Å². The number of alkyl halides is 3. The molecule has 1 aromatic rings. The maximum Gasteiger partial charge on any atom is 0.475 e. The molecule has 0 heterocycles. The van der Waals surface area contributed by atoms with Gasteiger partial charge in [0.1, 0.15) is 0 Å². The van der Waals surface area contributed by atoms with Crippen molar-refractivity contribution in [1.29, 1.82) is 0 Å². The molecule has 2 amide bonds. The molecule has 1 aromatic carbocycles. The third-order valence-electron chi connectivity index (χ3n) is 3.18. The fourth-order valence-electron chi connectivity index (χ4n) is 1.87. The van der Waals surface area contributed by atoms with Crippen LogP contribution in [0.3, 0.4) is 0 Å². The number of hydrogen-bond donors (Lipinski definition) is 3. The number of carbonyl (C=O) groups is 1. The van der Waals surface area contributed by atoms with Crippen LogP contribution in [0.5, 0.6) is 0 Å². The summed E-state index contributed by atoms with van der Waals surface area (Å²) in [5.74, 6) is 0.172. The van der Waals surface area contributed by atoms with Crippen molar-refractivity contribution in [3.05, 3.63) is 24.3 Å². The summed E-state index contributed by atoms with van der Waals surface area (Å²) >= 11 is 0. The Morgan fingerprint density at radius 3 is 2.59 bits per heavy atom. The fourth-order valence-corrected chi connectivity index (χ4v) is 2.64. The van der Waals surface area contributed by atoms with E-state index < -0.39 is 33.3 Å². The first-order valence-electron chi connectivity index (χ1n) is 6.59. The highest BCUT2D eigenvalue weighted by atomic mass is 32.2. The quantitative estimate of drug-likeness (QED) is 0.771. The molecule has 0 bridgehead atoms. The molecule has 3 N–H and O–H groups in total. The Labute approximate surface area is 127 Å². The predicted octanol–water partition coefficient (Wildman–Crippen LogP) is 2.21. The maximum atomic E-state index is 12.5. The minimum atomic E-state index is -4.91. The minimum absolute atomic E-state index is 0.0149. The molecule has 5 nitrogen and oxygen atoms in total. The number of aliphatic hydroxyl groups excluding tert-OH is 1. The third-order valence-corrected chi connectivity index (χ3v) is 4.36. The number of benzene rings is 1. The molecule has 0 aliphatic heterocycles. The Kier molecular flexibility index (Phi) is 5.07. The van der Waals surface area contributed by atoms with Crippen LogP contribution in [-0.4, -0.2) is 33.5 Å². The van der Waals surface area contributed by atoms with Gasteiger partial charge in [0.15, 0.2) is 10.8 Å². The summed E-state index contributed by atoms with van der Waals surface area (Å²) in [6.07, 6.45) is 1.14. The molecular formula is C13H15F3N2O3S. The zero-order valence-electron chi connectivity index (χ0n) is 11.4. The molecule has 0 saturated heterocycles. The Hall–Kier alpha value is -1.61. The highest BCUT2D eigenvalue weighted by Gasteiger charge is 2.39. The molecule has 1 aliphatic rings. The van der Waals surface area contributed by atoms with Crippen molar-refractivity contribution in [2.45, 2.75) is 29.3 Å². The summed E-state index contributed by atoms with van der Waals surface area (Å²) in [6.45, 7) is 0.0149. The van der Waals surface area contributed by atoms with E-state index in [0.29, 0.717) is 0 Å². The molecule has 122 valence electrons. The predicted molar refractivity (Wildman–Crippen MR) is 74.7 cm³/mol. The maximum absolute atomic E-state index is 12.5. The van der Waals surface area contributed by atoms with Gasteiger partial charge in [-0.05, 0) is 30.9 Å². The van der Waals surface area contributed by atoms with E-state index in [2.05, 4.69) is 10.6 Å². The number of aliphatic hydroxyl groups is 1. The van der Waals surface area contributed by atoms with Crippen molar-refractivity contribution in [3.8, 4) is 0 Å². The number of hydrogen-bond acceptors (Lipinski definition) is 3. The molecule has 1 fully saturated rings. The van der Waals surface area contributed by atoms with Gasteiger partial charge in [-0.25, -0.2) is 9.00 Å². The van der Waals surface area contributed by atoms with E-state index in [9.17, 15) is 27.3 Å². The first-order valence-corrected chi connectivity index (χ1v) is 7.74. The van der Waals surface area contributed by atoms with Crippen LogP contribution >= 0.6 is 0 Å². The SMILES string of the molecule is O=C(NCC(O)C1CC1)Nc1ccccc1S(=O)C(F)(F)F. The standard InChI is InChI=1S/C13H15F3N2O3S/c14-13(15,16)22(21)11-4-2-1-3-9(11)18-12(20)17-7-10(19)8-5-6-8/h1-4,8,10,19H,5-7H2,(H2,17,18,20). The highest BCUT2D eigenvalue weighted by Crippen LogP contribution is 2.32. The second-order valence-electron chi connectivity index (χ2n) is 4.95. The summed E-state index contributed by atoms with van der Waals surface area (Å²) in [6, 6.07) is 4.24. The van der Waals surface area contributed by atoms with E-state index in [1.807, 2.05) is 0 Å². The molecule has 0 spiro atoms. The fraction of sp³-hybridized carbons (Fsp3) is 0.462. The second-order valence-corrected chi connectivity index (χ2v) is 6.39. The van der Waals surface area contributed by atoms with E-state index in [0.717, 1.165) is 18.9 Å². The normalized spacial score (nSPS) is 17.6. The van der Waals surface area contributed by atoms with Crippen LogP contribution in [-0.2, 0) is 10.8 Å². The van der Waals surface area contributed by atoms with Crippen LogP contribution in [0.1, 0.15) is 12.8 Å². The van der Waals surface area contributed by atoms with Crippen LogP contribution in [0.15, 0.2) is 29.2 Å². The smallest absolute Gasteiger partial charge is 0.391 e. The molecule has 0 radical (unpaired) electrons. The Morgan fingerprint density at radius 2 is 2.00 bits per heavy atom. The minimum Gasteiger partial charge on any atom is -0.391 e. The van der Waals surface area contributed by atoms with Gasteiger partial charge in [-0.3, -0.25) is 0 Å². The van der Waals surface area contributed by atoms with E-state index in [1.54, 1.807) is 0 Å². The first-order chi connectivity index (χ1) is 10.3. The topological polar surface area (TPSA) is 78.4 Å². The zero-order valence-corrected chi connectivity index (χ0v) is 12.2. The average Bonchev–Trinajstić information content (AvgIpc) is 3.28. The number of para-hydroxylation sites is 1. The van der Waals surface area contributed by atoms with Crippen LogP contribution in [0.25, 0.3) is 0 Å². The molecule has 2 atom stereocenters. The monoisotopic (exact) mass is 336 g/mol. The lowest BCUT2D eigenvalue weighted by atomic mass is 10.2. The second kappa shape index (κ2) is 6.66. The third kappa shape index (κ3) is 4.44. The van der Waals surface area contributed by atoms with E-state index >= 15 is 0 Å². The van der Waals surface area contributed by atoms with Gasteiger partial charge in [-0.15, -0.1) is 0 Å². The van der Waals surface area contributed by atoms with Gasteiger partial charge in [0, 0.05) is 6.54 Å². The van der Waals surface area contributed by atoms with Crippen molar-refractivity contribution in [3.63, 3.8) is 0 Å². The van der Waals surface area contributed by atoms with Crippen molar-refractivity contribution < 1.29 is 27.3 Å². The van der Waals surface area contributed by atoms with E-state index in [1.165, 1.54) is 18.2 Å². The number of halogens is 3. The molecular weight excluding hydrogens is 321 g/mol. The average molecular weight is 336 g/mol.